The molecule has 24 heavy (non-hydrogen) atoms. The molecule has 126 valence electrons. The molecule has 0 spiro atoms. The summed E-state index contributed by atoms with van der Waals surface area (Å²) in [6, 6.07) is 7.27. The Morgan fingerprint density at radius 1 is 1.25 bits per heavy atom. The van der Waals surface area contributed by atoms with Crippen LogP contribution in [0.1, 0.15) is 35.7 Å². The highest BCUT2D eigenvalue weighted by Crippen LogP contribution is 2.21. The summed E-state index contributed by atoms with van der Waals surface area (Å²) in [5, 5.41) is 8.80. The van der Waals surface area contributed by atoms with Gasteiger partial charge in [0.1, 0.15) is 0 Å². The van der Waals surface area contributed by atoms with Gasteiger partial charge in [0.05, 0.1) is 4.88 Å². The predicted octanol–water partition coefficient (Wildman–Crippen LogP) is 4.30. The molecule has 0 bridgehead atoms. The van der Waals surface area contributed by atoms with E-state index in [4.69, 9.17) is 8.94 Å². The zero-order valence-corrected chi connectivity index (χ0v) is 15.2. The second-order valence-electron chi connectivity index (χ2n) is 5.16. The lowest BCUT2D eigenvalue weighted by Gasteiger charge is -2.02. The summed E-state index contributed by atoms with van der Waals surface area (Å²) >= 11 is 4.76. The molecule has 0 aliphatic heterocycles. The number of aromatic nitrogens is 2. The predicted molar refractivity (Wildman–Crippen MR) is 93.9 cm³/mol. The molecule has 0 aromatic carbocycles. The maximum Gasteiger partial charge on any atom is 0.287 e. The van der Waals surface area contributed by atoms with Gasteiger partial charge < -0.3 is 14.3 Å². The van der Waals surface area contributed by atoms with Crippen molar-refractivity contribution < 1.29 is 13.7 Å². The van der Waals surface area contributed by atoms with Crippen molar-refractivity contribution in [2.24, 2.45) is 0 Å². The number of nitrogens with one attached hydrogen (secondary N) is 1. The molecular weight excluding hydrogens is 394 g/mol. The molecule has 0 fully saturated rings. The van der Waals surface area contributed by atoms with Crippen molar-refractivity contribution in [2.75, 3.05) is 6.54 Å². The molecule has 0 radical (unpaired) electrons. The van der Waals surface area contributed by atoms with Gasteiger partial charge in [-0.05, 0) is 52.4 Å². The van der Waals surface area contributed by atoms with E-state index >= 15 is 0 Å². The number of halogens is 1. The van der Waals surface area contributed by atoms with E-state index in [9.17, 15) is 4.79 Å². The SMILES string of the molecule is O=C(NCCCCCc1nc(-c2cccs2)no1)c1ccc(Br)o1. The van der Waals surface area contributed by atoms with Crippen molar-refractivity contribution in [3.63, 3.8) is 0 Å². The zero-order chi connectivity index (χ0) is 16.8. The lowest BCUT2D eigenvalue weighted by molar-refractivity contribution is 0.0924. The molecule has 0 saturated heterocycles. The van der Waals surface area contributed by atoms with Crippen LogP contribution in [0.4, 0.5) is 0 Å². The number of nitrogens with zero attached hydrogens (tertiary/aromatic N) is 2. The van der Waals surface area contributed by atoms with Gasteiger partial charge in [-0.25, -0.2) is 0 Å². The van der Waals surface area contributed by atoms with Crippen LogP contribution in [0, 0.1) is 0 Å². The number of furan rings is 1. The van der Waals surface area contributed by atoms with Gasteiger partial charge in [-0.1, -0.05) is 17.6 Å². The van der Waals surface area contributed by atoms with E-state index in [1.165, 1.54) is 0 Å². The quantitative estimate of drug-likeness (QED) is 0.560. The summed E-state index contributed by atoms with van der Waals surface area (Å²) in [7, 11) is 0. The molecular formula is C16H16BrN3O3S. The average molecular weight is 410 g/mol. The van der Waals surface area contributed by atoms with E-state index < -0.39 is 0 Å². The van der Waals surface area contributed by atoms with Crippen LogP contribution in [0.5, 0.6) is 0 Å². The van der Waals surface area contributed by atoms with Gasteiger partial charge in [0.25, 0.3) is 5.91 Å². The van der Waals surface area contributed by atoms with Gasteiger partial charge in [-0.3, -0.25) is 4.79 Å². The van der Waals surface area contributed by atoms with Crippen LogP contribution in [0.15, 0.2) is 43.3 Å². The normalized spacial score (nSPS) is 10.9. The standard InChI is InChI=1S/C16H16BrN3O3S/c17-13-8-7-11(22-13)16(21)18-9-3-1-2-6-14-19-15(20-23-14)12-5-4-10-24-12/h4-5,7-8,10H,1-3,6,9H2,(H,18,21). The summed E-state index contributed by atoms with van der Waals surface area (Å²) in [4.78, 5) is 17.2. The highest BCUT2D eigenvalue weighted by atomic mass is 79.9. The van der Waals surface area contributed by atoms with Crippen molar-refractivity contribution in [2.45, 2.75) is 25.7 Å². The van der Waals surface area contributed by atoms with Gasteiger partial charge in [0.15, 0.2) is 10.4 Å². The van der Waals surface area contributed by atoms with Crippen LogP contribution in [0.3, 0.4) is 0 Å². The lowest BCUT2D eigenvalue weighted by Crippen LogP contribution is -2.23. The fourth-order valence-corrected chi connectivity index (χ4v) is 3.12. The molecule has 1 amide bonds. The number of rotatable bonds is 8. The molecule has 3 heterocycles. The maximum absolute atomic E-state index is 11.8. The van der Waals surface area contributed by atoms with E-state index in [1.54, 1.807) is 23.5 Å². The van der Waals surface area contributed by atoms with E-state index in [2.05, 4.69) is 31.4 Å². The second-order valence-corrected chi connectivity index (χ2v) is 6.89. The highest BCUT2D eigenvalue weighted by molar-refractivity contribution is 9.10. The third-order valence-electron chi connectivity index (χ3n) is 3.36. The summed E-state index contributed by atoms with van der Waals surface area (Å²) in [5.41, 5.74) is 0. The van der Waals surface area contributed by atoms with E-state index in [0.717, 1.165) is 30.6 Å². The summed E-state index contributed by atoms with van der Waals surface area (Å²) < 4.78 is 11.0. The largest absolute Gasteiger partial charge is 0.444 e. The molecule has 0 aliphatic rings. The van der Waals surface area contributed by atoms with Crippen molar-refractivity contribution in [1.82, 2.24) is 15.5 Å². The minimum Gasteiger partial charge on any atom is -0.444 e. The minimum atomic E-state index is -0.196. The molecule has 8 heteroatoms. The van der Waals surface area contributed by atoms with Gasteiger partial charge in [-0.15, -0.1) is 11.3 Å². The van der Waals surface area contributed by atoms with Crippen molar-refractivity contribution in [3.05, 3.63) is 46.0 Å². The average Bonchev–Trinajstić information content (AvgIpc) is 3.30. The number of hydrogen-bond acceptors (Lipinski definition) is 6. The number of carbonyl (C=O) groups is 1. The Balaban J connectivity index is 1.32. The minimum absolute atomic E-state index is 0.196. The van der Waals surface area contributed by atoms with Gasteiger partial charge in [0.2, 0.25) is 11.7 Å². The first kappa shape index (κ1) is 16.9. The van der Waals surface area contributed by atoms with E-state index in [1.807, 2.05) is 17.5 Å². The molecule has 3 aromatic rings. The van der Waals surface area contributed by atoms with Gasteiger partial charge >= 0.3 is 0 Å². The highest BCUT2D eigenvalue weighted by Gasteiger charge is 2.10. The summed E-state index contributed by atoms with van der Waals surface area (Å²) in [6.45, 7) is 0.613. The first-order valence-corrected chi connectivity index (χ1v) is 9.29. The molecule has 0 saturated carbocycles. The molecule has 3 rings (SSSR count). The van der Waals surface area contributed by atoms with Gasteiger partial charge in [0, 0.05) is 13.0 Å². The van der Waals surface area contributed by atoms with E-state index in [-0.39, 0.29) is 5.91 Å². The first-order valence-electron chi connectivity index (χ1n) is 7.62. The molecule has 1 N–H and O–H groups in total. The smallest absolute Gasteiger partial charge is 0.287 e. The first-order chi connectivity index (χ1) is 11.7. The van der Waals surface area contributed by atoms with Crippen LogP contribution in [0.25, 0.3) is 10.7 Å². The number of unbranched alkanes of at least 4 members (excludes halogenated alkanes) is 2. The molecule has 6 nitrogen and oxygen atoms in total. The topological polar surface area (TPSA) is 81.2 Å². The zero-order valence-electron chi connectivity index (χ0n) is 12.8. The number of hydrogen-bond donors (Lipinski definition) is 1. The van der Waals surface area contributed by atoms with Gasteiger partial charge in [-0.2, -0.15) is 4.98 Å². The summed E-state index contributed by atoms with van der Waals surface area (Å²) in [5.74, 6) is 1.42. The fraction of sp³-hybridized carbons (Fsp3) is 0.312. The Morgan fingerprint density at radius 2 is 2.17 bits per heavy atom. The van der Waals surface area contributed by atoms with Crippen LogP contribution < -0.4 is 5.32 Å². The third-order valence-corrected chi connectivity index (χ3v) is 4.65. The Kier molecular flexibility index (Phi) is 5.81. The number of carbonyl (C=O) groups excluding carboxylic acids is 1. The molecule has 0 unspecified atom stereocenters. The monoisotopic (exact) mass is 409 g/mol. The van der Waals surface area contributed by atoms with Crippen molar-refractivity contribution >= 4 is 33.2 Å². The third kappa shape index (κ3) is 4.55. The Bertz CT molecular complexity index is 782. The fourth-order valence-electron chi connectivity index (χ4n) is 2.17. The van der Waals surface area contributed by atoms with Crippen LogP contribution in [-0.2, 0) is 6.42 Å². The lowest BCUT2D eigenvalue weighted by atomic mass is 10.2. The molecule has 0 aliphatic carbocycles. The second kappa shape index (κ2) is 8.25. The Hall–Kier alpha value is -1.93. The number of aryl methyl sites for hydroxylation is 1. The van der Waals surface area contributed by atoms with Crippen LogP contribution >= 0.6 is 27.3 Å². The van der Waals surface area contributed by atoms with Crippen molar-refractivity contribution in [1.29, 1.82) is 0 Å². The van der Waals surface area contributed by atoms with Crippen molar-refractivity contribution in [3.8, 4) is 10.7 Å². The Morgan fingerprint density at radius 3 is 2.92 bits per heavy atom. The molecule has 0 atom stereocenters. The Labute approximate surface area is 151 Å². The molecule has 3 aromatic heterocycles. The summed E-state index contributed by atoms with van der Waals surface area (Å²) in [6.07, 6.45) is 3.55. The van der Waals surface area contributed by atoms with Crippen LogP contribution in [0.2, 0.25) is 0 Å². The number of amides is 1. The maximum atomic E-state index is 11.8. The number of thiophene rings is 1. The van der Waals surface area contributed by atoms with Crippen LogP contribution in [-0.4, -0.2) is 22.6 Å². The van der Waals surface area contributed by atoms with E-state index in [0.29, 0.717) is 28.7 Å².